The normalized spacial score (nSPS) is 18.1. The fourth-order valence-electron chi connectivity index (χ4n) is 3.73. The van der Waals surface area contributed by atoms with Crippen molar-refractivity contribution in [1.29, 1.82) is 0 Å². The summed E-state index contributed by atoms with van der Waals surface area (Å²) in [5.41, 5.74) is 1.75. The highest BCUT2D eigenvalue weighted by Crippen LogP contribution is 2.17. The summed E-state index contributed by atoms with van der Waals surface area (Å²) in [7, 11) is 0. The Kier molecular flexibility index (Phi) is 5.58. The first-order chi connectivity index (χ1) is 13.3. The van der Waals surface area contributed by atoms with Crippen LogP contribution in [0.5, 0.6) is 0 Å². The van der Waals surface area contributed by atoms with Gasteiger partial charge in [0.25, 0.3) is 5.91 Å². The molecule has 4 rings (SSSR count). The Morgan fingerprint density at radius 1 is 0.889 bits per heavy atom. The summed E-state index contributed by atoms with van der Waals surface area (Å²) in [5, 5.41) is 8.46. The summed E-state index contributed by atoms with van der Waals surface area (Å²) in [5.74, 6) is 0.870. The van der Waals surface area contributed by atoms with E-state index in [4.69, 9.17) is 0 Å². The highest BCUT2D eigenvalue weighted by Gasteiger charge is 2.23. The molecule has 7 nitrogen and oxygen atoms in total. The minimum absolute atomic E-state index is 0.00995. The lowest BCUT2D eigenvalue weighted by atomic mass is 10.2. The molecule has 2 aromatic heterocycles. The first-order valence-corrected chi connectivity index (χ1v) is 9.79. The van der Waals surface area contributed by atoms with Crippen LogP contribution in [-0.2, 0) is 6.42 Å². The topological polar surface area (TPSA) is 65.5 Å². The van der Waals surface area contributed by atoms with Gasteiger partial charge in [-0.05, 0) is 49.1 Å². The van der Waals surface area contributed by atoms with Gasteiger partial charge in [0.05, 0.1) is 0 Å². The zero-order valence-corrected chi connectivity index (χ0v) is 15.6. The number of nitrogens with zero attached hydrogens (tertiary/aromatic N) is 6. The summed E-state index contributed by atoms with van der Waals surface area (Å²) in [4.78, 5) is 23.3. The van der Waals surface area contributed by atoms with Crippen molar-refractivity contribution < 1.29 is 4.79 Å². The molecule has 0 atom stereocenters. The molecule has 2 aliphatic rings. The molecule has 2 aliphatic heterocycles. The van der Waals surface area contributed by atoms with Gasteiger partial charge in [-0.25, -0.2) is 0 Å². The molecule has 142 valence electrons. The molecule has 4 heterocycles. The fraction of sp³-hybridized carbons (Fsp3) is 0.500. The second kappa shape index (κ2) is 8.43. The molecule has 2 aromatic rings. The highest BCUT2D eigenvalue weighted by molar-refractivity contribution is 5.92. The van der Waals surface area contributed by atoms with Crippen LogP contribution in [0.25, 0.3) is 0 Å². The number of carbonyl (C=O) groups excluding carboxylic acids is 1. The van der Waals surface area contributed by atoms with Gasteiger partial charge in [-0.3, -0.25) is 14.7 Å². The molecule has 0 spiro atoms. The molecule has 0 N–H and O–H groups in total. The molecule has 0 aromatic carbocycles. The maximum Gasteiger partial charge on any atom is 0.274 e. The van der Waals surface area contributed by atoms with Crippen molar-refractivity contribution in [1.82, 2.24) is 25.0 Å². The van der Waals surface area contributed by atoms with E-state index in [1.165, 1.54) is 18.4 Å². The zero-order valence-electron chi connectivity index (χ0n) is 15.6. The van der Waals surface area contributed by atoms with E-state index < -0.39 is 0 Å². The Bertz CT molecular complexity index is 737. The van der Waals surface area contributed by atoms with E-state index in [0.717, 1.165) is 58.1 Å². The molecule has 0 saturated carbocycles. The number of aromatic nitrogens is 3. The SMILES string of the molecule is O=C(c1ccc(N2CCCC2)nn1)N1CCN(CCc2ccncc2)CC1. The molecule has 2 saturated heterocycles. The second-order valence-electron chi connectivity index (χ2n) is 7.21. The fourth-order valence-corrected chi connectivity index (χ4v) is 3.73. The summed E-state index contributed by atoms with van der Waals surface area (Å²) >= 11 is 0. The number of pyridine rings is 1. The summed E-state index contributed by atoms with van der Waals surface area (Å²) in [6, 6.07) is 7.86. The Labute approximate surface area is 160 Å². The van der Waals surface area contributed by atoms with Crippen LogP contribution in [0.4, 0.5) is 5.82 Å². The lowest BCUT2D eigenvalue weighted by Gasteiger charge is -2.34. The van der Waals surface area contributed by atoms with Crippen LogP contribution >= 0.6 is 0 Å². The van der Waals surface area contributed by atoms with Crippen molar-refractivity contribution in [2.24, 2.45) is 0 Å². The van der Waals surface area contributed by atoms with Gasteiger partial charge in [-0.2, -0.15) is 0 Å². The molecule has 27 heavy (non-hydrogen) atoms. The standard InChI is InChI=1S/C20H26N6O/c27-20(18-3-4-19(23-22-18)25-10-1-2-11-25)26-15-13-24(14-16-26)12-7-17-5-8-21-9-6-17/h3-6,8-9H,1-2,7,10-16H2. The smallest absolute Gasteiger partial charge is 0.274 e. The third kappa shape index (κ3) is 4.42. The minimum atomic E-state index is -0.00995. The second-order valence-corrected chi connectivity index (χ2v) is 7.21. The van der Waals surface area contributed by atoms with Crippen molar-refractivity contribution in [3.8, 4) is 0 Å². The molecule has 0 radical (unpaired) electrons. The number of hydrogen-bond donors (Lipinski definition) is 0. The number of rotatable bonds is 5. The van der Waals surface area contributed by atoms with Crippen molar-refractivity contribution in [3.63, 3.8) is 0 Å². The largest absolute Gasteiger partial charge is 0.355 e. The van der Waals surface area contributed by atoms with Crippen molar-refractivity contribution in [2.75, 3.05) is 50.7 Å². The lowest BCUT2D eigenvalue weighted by Crippen LogP contribution is -2.49. The van der Waals surface area contributed by atoms with E-state index in [1.54, 1.807) is 0 Å². The average Bonchev–Trinajstić information content (AvgIpc) is 3.28. The van der Waals surface area contributed by atoms with Crippen LogP contribution in [-0.4, -0.2) is 76.7 Å². The van der Waals surface area contributed by atoms with E-state index >= 15 is 0 Å². The monoisotopic (exact) mass is 366 g/mol. The Morgan fingerprint density at radius 3 is 2.30 bits per heavy atom. The van der Waals surface area contributed by atoms with Crippen LogP contribution in [0.3, 0.4) is 0 Å². The minimum Gasteiger partial charge on any atom is -0.355 e. The first kappa shape index (κ1) is 17.9. The number of amides is 1. The molecular weight excluding hydrogens is 340 g/mol. The van der Waals surface area contributed by atoms with Gasteiger partial charge in [0.2, 0.25) is 0 Å². The molecule has 0 aliphatic carbocycles. The third-order valence-electron chi connectivity index (χ3n) is 5.43. The summed E-state index contributed by atoms with van der Waals surface area (Å²) < 4.78 is 0. The maximum absolute atomic E-state index is 12.7. The van der Waals surface area contributed by atoms with Crippen LogP contribution in [0.2, 0.25) is 0 Å². The zero-order chi connectivity index (χ0) is 18.5. The summed E-state index contributed by atoms with van der Waals surface area (Å²) in [6.07, 6.45) is 7.09. The van der Waals surface area contributed by atoms with Gasteiger partial charge in [0.1, 0.15) is 0 Å². The quantitative estimate of drug-likeness (QED) is 0.798. The predicted molar refractivity (Wildman–Crippen MR) is 104 cm³/mol. The molecule has 2 fully saturated rings. The van der Waals surface area contributed by atoms with Crippen molar-refractivity contribution in [2.45, 2.75) is 19.3 Å². The van der Waals surface area contributed by atoms with E-state index in [0.29, 0.717) is 5.69 Å². The van der Waals surface area contributed by atoms with Crippen LogP contribution in [0, 0.1) is 0 Å². The third-order valence-corrected chi connectivity index (χ3v) is 5.43. The van der Waals surface area contributed by atoms with E-state index in [-0.39, 0.29) is 5.91 Å². The molecule has 7 heteroatoms. The molecular formula is C20H26N6O. The van der Waals surface area contributed by atoms with Crippen LogP contribution in [0.15, 0.2) is 36.7 Å². The molecule has 0 bridgehead atoms. The van der Waals surface area contributed by atoms with E-state index in [2.05, 4.69) is 37.1 Å². The molecule has 1 amide bonds. The van der Waals surface area contributed by atoms with Gasteiger partial charge in [0, 0.05) is 58.2 Å². The number of carbonyl (C=O) groups is 1. The van der Waals surface area contributed by atoms with Crippen molar-refractivity contribution in [3.05, 3.63) is 47.9 Å². The predicted octanol–water partition coefficient (Wildman–Crippen LogP) is 1.47. The van der Waals surface area contributed by atoms with Crippen LogP contribution < -0.4 is 4.90 Å². The van der Waals surface area contributed by atoms with Gasteiger partial charge in [-0.15, -0.1) is 10.2 Å². The molecule has 0 unspecified atom stereocenters. The summed E-state index contributed by atoms with van der Waals surface area (Å²) in [6.45, 7) is 6.35. The Morgan fingerprint density at radius 2 is 1.63 bits per heavy atom. The Balaban J connectivity index is 1.27. The average molecular weight is 366 g/mol. The lowest BCUT2D eigenvalue weighted by molar-refractivity contribution is 0.0631. The van der Waals surface area contributed by atoms with Crippen molar-refractivity contribution >= 4 is 11.7 Å². The Hall–Kier alpha value is -2.54. The van der Waals surface area contributed by atoms with E-state index in [1.807, 2.05) is 29.4 Å². The van der Waals surface area contributed by atoms with Crippen LogP contribution in [0.1, 0.15) is 28.9 Å². The van der Waals surface area contributed by atoms with Gasteiger partial charge in [0.15, 0.2) is 11.5 Å². The number of hydrogen-bond acceptors (Lipinski definition) is 6. The van der Waals surface area contributed by atoms with E-state index in [9.17, 15) is 4.79 Å². The maximum atomic E-state index is 12.7. The van der Waals surface area contributed by atoms with Gasteiger partial charge >= 0.3 is 0 Å². The number of piperazine rings is 1. The van der Waals surface area contributed by atoms with Gasteiger partial charge < -0.3 is 9.80 Å². The highest BCUT2D eigenvalue weighted by atomic mass is 16.2. The first-order valence-electron chi connectivity index (χ1n) is 9.79. The number of anilines is 1. The van der Waals surface area contributed by atoms with Gasteiger partial charge in [-0.1, -0.05) is 0 Å².